The van der Waals surface area contributed by atoms with Gasteiger partial charge < -0.3 is 15.3 Å². The van der Waals surface area contributed by atoms with E-state index >= 15 is 0 Å². The van der Waals surface area contributed by atoms with Crippen LogP contribution in [0.1, 0.15) is 11.7 Å². The van der Waals surface area contributed by atoms with E-state index in [4.69, 9.17) is 0 Å². The SMILES string of the molecule is CN(c1ccccc1)c1cc2c(cc1Br)C(O)C(=O)N2. The van der Waals surface area contributed by atoms with Gasteiger partial charge in [-0.3, -0.25) is 4.79 Å². The largest absolute Gasteiger partial charge is 0.378 e. The molecule has 0 fully saturated rings. The maximum absolute atomic E-state index is 11.5. The van der Waals surface area contributed by atoms with Gasteiger partial charge in [-0.05, 0) is 40.2 Å². The molecule has 2 N–H and O–H groups in total. The van der Waals surface area contributed by atoms with Crippen molar-refractivity contribution in [2.75, 3.05) is 17.3 Å². The first-order valence-corrected chi connectivity index (χ1v) is 6.98. The van der Waals surface area contributed by atoms with Crippen LogP contribution in [0.25, 0.3) is 0 Å². The minimum absolute atomic E-state index is 0.383. The number of benzene rings is 2. The molecule has 2 aromatic rings. The van der Waals surface area contributed by atoms with Crippen molar-refractivity contribution in [3.63, 3.8) is 0 Å². The molecule has 2 aromatic carbocycles. The summed E-state index contributed by atoms with van der Waals surface area (Å²) in [5, 5.41) is 12.5. The van der Waals surface area contributed by atoms with Crippen LogP contribution in [0.15, 0.2) is 46.9 Å². The van der Waals surface area contributed by atoms with E-state index in [9.17, 15) is 9.90 Å². The highest BCUT2D eigenvalue weighted by Gasteiger charge is 2.29. The Balaban J connectivity index is 2.04. The lowest BCUT2D eigenvalue weighted by molar-refractivity contribution is -0.123. The fourth-order valence-corrected chi connectivity index (χ4v) is 2.93. The zero-order chi connectivity index (χ0) is 14.3. The molecule has 1 aliphatic heterocycles. The lowest BCUT2D eigenvalue weighted by Crippen LogP contribution is -2.10. The van der Waals surface area contributed by atoms with Gasteiger partial charge in [-0.25, -0.2) is 0 Å². The van der Waals surface area contributed by atoms with Crippen LogP contribution in [0.2, 0.25) is 0 Å². The molecule has 1 unspecified atom stereocenters. The number of carbonyl (C=O) groups is 1. The first-order chi connectivity index (χ1) is 9.58. The van der Waals surface area contributed by atoms with E-state index in [2.05, 4.69) is 21.2 Å². The van der Waals surface area contributed by atoms with E-state index in [-0.39, 0.29) is 5.91 Å². The number of fused-ring (bicyclic) bond motifs is 1. The second-order valence-corrected chi connectivity index (χ2v) is 5.53. The minimum Gasteiger partial charge on any atom is -0.378 e. The number of halogens is 1. The lowest BCUT2D eigenvalue weighted by atomic mass is 10.1. The summed E-state index contributed by atoms with van der Waals surface area (Å²) in [5.74, 6) is -0.383. The molecule has 102 valence electrons. The molecule has 0 saturated carbocycles. The zero-order valence-corrected chi connectivity index (χ0v) is 12.4. The third-order valence-corrected chi connectivity index (χ3v) is 4.06. The van der Waals surface area contributed by atoms with Gasteiger partial charge in [0.15, 0.2) is 6.10 Å². The summed E-state index contributed by atoms with van der Waals surface area (Å²) in [5.41, 5.74) is 3.22. The highest BCUT2D eigenvalue weighted by Crippen LogP contribution is 2.40. The van der Waals surface area contributed by atoms with Gasteiger partial charge in [-0.2, -0.15) is 0 Å². The predicted octanol–water partition coefficient (Wildman–Crippen LogP) is 3.20. The summed E-state index contributed by atoms with van der Waals surface area (Å²) in [7, 11) is 1.95. The highest BCUT2D eigenvalue weighted by molar-refractivity contribution is 9.10. The van der Waals surface area contributed by atoms with Crippen molar-refractivity contribution in [2.24, 2.45) is 0 Å². The van der Waals surface area contributed by atoms with Crippen LogP contribution in [0.5, 0.6) is 0 Å². The number of rotatable bonds is 2. The first-order valence-electron chi connectivity index (χ1n) is 6.19. The van der Waals surface area contributed by atoms with Gasteiger partial charge in [0.05, 0.1) is 5.69 Å². The molecule has 4 nitrogen and oxygen atoms in total. The molecule has 0 aromatic heterocycles. The molecular formula is C15H13BrN2O2. The van der Waals surface area contributed by atoms with Crippen molar-refractivity contribution in [1.29, 1.82) is 0 Å². The van der Waals surface area contributed by atoms with Gasteiger partial charge in [0.1, 0.15) is 0 Å². The highest BCUT2D eigenvalue weighted by atomic mass is 79.9. The Morgan fingerprint density at radius 2 is 1.95 bits per heavy atom. The molecule has 1 amide bonds. The van der Waals surface area contributed by atoms with Crippen LogP contribution in [-0.4, -0.2) is 18.1 Å². The van der Waals surface area contributed by atoms with E-state index in [0.29, 0.717) is 11.3 Å². The number of aliphatic hydroxyl groups is 1. The molecule has 0 bridgehead atoms. The number of hydrogen-bond acceptors (Lipinski definition) is 3. The van der Waals surface area contributed by atoms with E-state index in [1.165, 1.54) is 0 Å². The van der Waals surface area contributed by atoms with E-state index in [1.54, 1.807) is 6.07 Å². The molecule has 1 heterocycles. The van der Waals surface area contributed by atoms with Crippen molar-refractivity contribution < 1.29 is 9.90 Å². The van der Waals surface area contributed by atoms with E-state index in [0.717, 1.165) is 15.8 Å². The molecule has 5 heteroatoms. The molecule has 3 rings (SSSR count). The maximum Gasteiger partial charge on any atom is 0.257 e. The van der Waals surface area contributed by atoms with Crippen molar-refractivity contribution >= 4 is 38.9 Å². The average molecular weight is 333 g/mol. The summed E-state index contributed by atoms with van der Waals surface area (Å²) < 4.78 is 0.832. The number of nitrogens with one attached hydrogen (secondary N) is 1. The van der Waals surface area contributed by atoms with Crippen molar-refractivity contribution in [2.45, 2.75) is 6.10 Å². The molecule has 0 saturated heterocycles. The van der Waals surface area contributed by atoms with Gasteiger partial charge in [0, 0.05) is 28.5 Å². The van der Waals surface area contributed by atoms with Crippen LogP contribution in [0.4, 0.5) is 17.1 Å². The van der Waals surface area contributed by atoms with Crippen LogP contribution >= 0.6 is 15.9 Å². The summed E-state index contributed by atoms with van der Waals surface area (Å²) in [6.07, 6.45) is -1.09. The molecule has 0 aliphatic carbocycles. The molecule has 1 atom stereocenters. The summed E-state index contributed by atoms with van der Waals surface area (Å²) in [6, 6.07) is 13.6. The number of amides is 1. The Morgan fingerprint density at radius 3 is 2.65 bits per heavy atom. The molecule has 0 radical (unpaired) electrons. The first kappa shape index (κ1) is 13.1. The summed E-state index contributed by atoms with van der Waals surface area (Å²) >= 11 is 3.50. The molecular weight excluding hydrogens is 320 g/mol. The van der Waals surface area contributed by atoms with Gasteiger partial charge in [0.2, 0.25) is 0 Å². The third-order valence-electron chi connectivity index (χ3n) is 3.42. The van der Waals surface area contributed by atoms with Gasteiger partial charge >= 0.3 is 0 Å². The lowest BCUT2D eigenvalue weighted by Gasteiger charge is -2.22. The zero-order valence-electron chi connectivity index (χ0n) is 10.8. The second kappa shape index (κ2) is 4.92. The minimum atomic E-state index is -1.09. The third kappa shape index (κ3) is 2.09. The Labute approximate surface area is 125 Å². The fourth-order valence-electron chi connectivity index (χ4n) is 2.30. The Hall–Kier alpha value is -1.85. The monoisotopic (exact) mass is 332 g/mol. The Kier molecular flexibility index (Phi) is 3.23. The van der Waals surface area contributed by atoms with Gasteiger partial charge in [-0.1, -0.05) is 18.2 Å². The van der Waals surface area contributed by atoms with E-state index < -0.39 is 6.10 Å². The summed E-state index contributed by atoms with van der Waals surface area (Å²) in [6.45, 7) is 0. The molecule has 0 spiro atoms. The van der Waals surface area contributed by atoms with Crippen LogP contribution < -0.4 is 10.2 Å². The Morgan fingerprint density at radius 1 is 1.25 bits per heavy atom. The Bertz CT molecular complexity index is 673. The second-order valence-electron chi connectivity index (χ2n) is 4.68. The maximum atomic E-state index is 11.5. The number of nitrogens with zero attached hydrogens (tertiary/aromatic N) is 1. The quantitative estimate of drug-likeness (QED) is 0.887. The fraction of sp³-hybridized carbons (Fsp3) is 0.133. The normalized spacial score (nSPS) is 16.8. The van der Waals surface area contributed by atoms with Gasteiger partial charge in [-0.15, -0.1) is 0 Å². The number of aliphatic hydroxyl groups excluding tert-OH is 1. The van der Waals surface area contributed by atoms with Crippen molar-refractivity contribution in [1.82, 2.24) is 0 Å². The summed E-state index contributed by atoms with van der Waals surface area (Å²) in [4.78, 5) is 13.5. The van der Waals surface area contributed by atoms with Gasteiger partial charge in [0.25, 0.3) is 5.91 Å². The van der Waals surface area contributed by atoms with Crippen LogP contribution in [-0.2, 0) is 4.79 Å². The molecule has 20 heavy (non-hydrogen) atoms. The standard InChI is InChI=1S/C15H13BrN2O2/c1-18(9-5-3-2-4-6-9)13-8-12-10(7-11(13)16)14(19)15(20)17-12/h2-8,14,19H,1H3,(H,17,20). The topological polar surface area (TPSA) is 52.6 Å². The average Bonchev–Trinajstić information content (AvgIpc) is 2.74. The molecule has 1 aliphatic rings. The number of para-hydroxylation sites is 1. The van der Waals surface area contributed by atoms with Crippen molar-refractivity contribution in [3.05, 3.63) is 52.5 Å². The van der Waals surface area contributed by atoms with E-state index in [1.807, 2.05) is 48.3 Å². The number of carbonyl (C=O) groups excluding carboxylic acids is 1. The van der Waals surface area contributed by atoms with Crippen LogP contribution in [0.3, 0.4) is 0 Å². The van der Waals surface area contributed by atoms with Crippen LogP contribution in [0, 0.1) is 0 Å². The van der Waals surface area contributed by atoms with Crippen molar-refractivity contribution in [3.8, 4) is 0 Å². The predicted molar refractivity (Wildman–Crippen MR) is 82.2 cm³/mol. The number of hydrogen-bond donors (Lipinski definition) is 2. The number of anilines is 3. The smallest absolute Gasteiger partial charge is 0.257 e.